The van der Waals surface area contributed by atoms with Crippen molar-refractivity contribution in [3.05, 3.63) is 70.5 Å². The van der Waals surface area contributed by atoms with Gasteiger partial charge in [0.05, 0.1) is 0 Å². The number of halogens is 2. The molecule has 2 rings (SSSR count). The van der Waals surface area contributed by atoms with Crippen LogP contribution in [0.3, 0.4) is 0 Å². The van der Waals surface area contributed by atoms with Gasteiger partial charge in [-0.15, -0.1) is 11.6 Å². The minimum atomic E-state index is 0.486. The van der Waals surface area contributed by atoms with Crippen molar-refractivity contribution in [2.75, 3.05) is 5.88 Å². The zero-order valence-corrected chi connectivity index (χ0v) is 11.4. The van der Waals surface area contributed by atoms with Crippen molar-refractivity contribution in [3.8, 4) is 0 Å². The van der Waals surface area contributed by atoms with E-state index < -0.39 is 0 Å². The summed E-state index contributed by atoms with van der Waals surface area (Å²) in [6, 6.07) is 12.1. The van der Waals surface area contributed by atoms with Gasteiger partial charge in [-0.05, 0) is 29.3 Å². The normalized spacial score (nSPS) is 11.5. The Hall–Kier alpha value is -1.12. The molecular formula is C14H11BrClN. The monoisotopic (exact) mass is 307 g/mol. The number of hydrogen-bond acceptors (Lipinski definition) is 1. The maximum Gasteiger partial charge on any atom is 0.0413 e. The molecule has 0 unspecified atom stereocenters. The van der Waals surface area contributed by atoms with Crippen molar-refractivity contribution >= 4 is 33.1 Å². The summed E-state index contributed by atoms with van der Waals surface area (Å²) in [5, 5.41) is 0. The summed E-state index contributed by atoms with van der Waals surface area (Å²) < 4.78 is 1.07. The summed E-state index contributed by atoms with van der Waals surface area (Å²) in [5.74, 6) is 0.486. The van der Waals surface area contributed by atoms with E-state index in [4.69, 9.17) is 11.6 Å². The highest BCUT2D eigenvalue weighted by molar-refractivity contribution is 9.10. The molecule has 0 amide bonds. The van der Waals surface area contributed by atoms with Crippen LogP contribution in [0, 0.1) is 0 Å². The molecule has 3 heteroatoms. The number of allylic oxidation sites excluding steroid dienone is 1. The molecule has 0 aliphatic heterocycles. The van der Waals surface area contributed by atoms with Crippen LogP contribution in [0.1, 0.15) is 11.1 Å². The molecule has 0 radical (unpaired) electrons. The molecule has 0 aliphatic rings. The van der Waals surface area contributed by atoms with E-state index in [1.165, 1.54) is 0 Å². The number of nitrogens with zero attached hydrogens (tertiary/aromatic N) is 1. The van der Waals surface area contributed by atoms with E-state index >= 15 is 0 Å². The lowest BCUT2D eigenvalue weighted by Gasteiger charge is -2.07. The molecule has 1 aromatic carbocycles. The molecule has 0 saturated heterocycles. The van der Waals surface area contributed by atoms with Gasteiger partial charge in [-0.1, -0.05) is 40.2 Å². The third-order valence-electron chi connectivity index (χ3n) is 2.41. The van der Waals surface area contributed by atoms with Crippen LogP contribution in [-0.2, 0) is 0 Å². The lowest BCUT2D eigenvalue weighted by atomic mass is 9.99. The van der Waals surface area contributed by atoms with E-state index in [0.29, 0.717) is 5.88 Å². The highest BCUT2D eigenvalue weighted by atomic mass is 79.9. The van der Waals surface area contributed by atoms with Gasteiger partial charge in [-0.2, -0.15) is 0 Å². The van der Waals surface area contributed by atoms with Gasteiger partial charge in [0.2, 0.25) is 0 Å². The summed E-state index contributed by atoms with van der Waals surface area (Å²) in [6.07, 6.45) is 5.62. The molecule has 0 bridgehead atoms. The number of benzene rings is 1. The fourth-order valence-corrected chi connectivity index (χ4v) is 2.05. The summed E-state index contributed by atoms with van der Waals surface area (Å²) in [7, 11) is 0. The average molecular weight is 309 g/mol. The van der Waals surface area contributed by atoms with Crippen LogP contribution >= 0.6 is 27.5 Å². The van der Waals surface area contributed by atoms with E-state index in [-0.39, 0.29) is 0 Å². The quantitative estimate of drug-likeness (QED) is 0.760. The molecule has 17 heavy (non-hydrogen) atoms. The van der Waals surface area contributed by atoms with E-state index in [2.05, 4.69) is 33.0 Å². The molecule has 0 atom stereocenters. The molecule has 1 aromatic heterocycles. The predicted octanol–water partition coefficient (Wildman–Crippen LogP) is 4.51. The smallest absolute Gasteiger partial charge is 0.0413 e. The third-order valence-corrected chi connectivity index (χ3v) is 3.09. The average Bonchev–Trinajstić information content (AvgIpc) is 2.38. The van der Waals surface area contributed by atoms with Gasteiger partial charge in [0.15, 0.2) is 0 Å². The molecule has 1 heterocycles. The minimum absolute atomic E-state index is 0.486. The van der Waals surface area contributed by atoms with Crippen LogP contribution < -0.4 is 0 Å². The van der Waals surface area contributed by atoms with Gasteiger partial charge in [0, 0.05) is 28.3 Å². The van der Waals surface area contributed by atoms with Crippen molar-refractivity contribution in [2.45, 2.75) is 0 Å². The highest BCUT2D eigenvalue weighted by Gasteiger charge is 2.04. The second-order valence-corrected chi connectivity index (χ2v) is 4.74. The zero-order chi connectivity index (χ0) is 12.1. The van der Waals surface area contributed by atoms with Gasteiger partial charge < -0.3 is 0 Å². The second kappa shape index (κ2) is 5.99. The van der Waals surface area contributed by atoms with Crippen molar-refractivity contribution in [2.24, 2.45) is 0 Å². The first-order chi connectivity index (χ1) is 8.31. The summed E-state index contributed by atoms with van der Waals surface area (Å²) in [6.45, 7) is 0. The Kier molecular flexibility index (Phi) is 4.35. The first-order valence-electron chi connectivity index (χ1n) is 5.23. The van der Waals surface area contributed by atoms with Crippen LogP contribution in [0.25, 0.3) is 5.57 Å². The van der Waals surface area contributed by atoms with Crippen LogP contribution in [-0.4, -0.2) is 10.9 Å². The summed E-state index contributed by atoms with van der Waals surface area (Å²) in [4.78, 5) is 4.14. The lowest BCUT2D eigenvalue weighted by molar-refractivity contribution is 1.30. The Morgan fingerprint density at radius 2 is 1.94 bits per heavy atom. The van der Waals surface area contributed by atoms with Crippen LogP contribution in [0.5, 0.6) is 0 Å². The van der Waals surface area contributed by atoms with Gasteiger partial charge in [-0.25, -0.2) is 0 Å². The van der Waals surface area contributed by atoms with E-state index in [1.54, 1.807) is 6.20 Å². The highest BCUT2D eigenvalue weighted by Crippen LogP contribution is 2.24. The largest absolute Gasteiger partial charge is 0.264 e. The summed E-state index contributed by atoms with van der Waals surface area (Å²) >= 11 is 9.25. The van der Waals surface area contributed by atoms with Crippen LogP contribution in [0.2, 0.25) is 0 Å². The maximum atomic E-state index is 5.82. The van der Waals surface area contributed by atoms with Gasteiger partial charge in [-0.3, -0.25) is 4.98 Å². The molecule has 0 aliphatic carbocycles. The Labute approximate surface area is 114 Å². The molecule has 86 valence electrons. The molecular weight excluding hydrogens is 298 g/mol. The van der Waals surface area contributed by atoms with E-state index in [9.17, 15) is 0 Å². The van der Waals surface area contributed by atoms with Crippen molar-refractivity contribution in [1.82, 2.24) is 4.98 Å². The van der Waals surface area contributed by atoms with Crippen LogP contribution in [0.15, 0.2) is 59.3 Å². The van der Waals surface area contributed by atoms with Gasteiger partial charge >= 0.3 is 0 Å². The molecule has 0 spiro atoms. The number of aromatic nitrogens is 1. The topological polar surface area (TPSA) is 12.9 Å². The van der Waals surface area contributed by atoms with Crippen molar-refractivity contribution < 1.29 is 0 Å². The van der Waals surface area contributed by atoms with E-state index in [1.807, 2.05) is 36.5 Å². The SMILES string of the molecule is ClCC=C(c1ccc(Br)cc1)c1cccnc1. The van der Waals surface area contributed by atoms with E-state index in [0.717, 1.165) is 21.2 Å². The minimum Gasteiger partial charge on any atom is -0.264 e. The zero-order valence-electron chi connectivity index (χ0n) is 9.11. The Bertz CT molecular complexity index is 506. The predicted molar refractivity (Wildman–Crippen MR) is 76.2 cm³/mol. The molecule has 0 N–H and O–H groups in total. The van der Waals surface area contributed by atoms with Crippen molar-refractivity contribution in [1.29, 1.82) is 0 Å². The second-order valence-electron chi connectivity index (χ2n) is 3.52. The molecule has 1 nitrogen and oxygen atoms in total. The van der Waals surface area contributed by atoms with Gasteiger partial charge in [0.1, 0.15) is 0 Å². The number of pyridine rings is 1. The Morgan fingerprint density at radius 3 is 2.53 bits per heavy atom. The molecule has 0 saturated carbocycles. The van der Waals surface area contributed by atoms with Gasteiger partial charge in [0.25, 0.3) is 0 Å². The first kappa shape index (κ1) is 12.3. The van der Waals surface area contributed by atoms with Crippen LogP contribution in [0.4, 0.5) is 0 Å². The lowest BCUT2D eigenvalue weighted by Crippen LogP contribution is -1.89. The Morgan fingerprint density at radius 1 is 1.18 bits per heavy atom. The van der Waals surface area contributed by atoms with Crippen molar-refractivity contribution in [3.63, 3.8) is 0 Å². The summed E-state index contributed by atoms with van der Waals surface area (Å²) in [5.41, 5.74) is 3.33. The number of hydrogen-bond donors (Lipinski definition) is 0. The Balaban J connectivity index is 2.44. The fourth-order valence-electron chi connectivity index (χ4n) is 1.63. The fraction of sp³-hybridized carbons (Fsp3) is 0.0714. The molecule has 2 aromatic rings. The molecule has 0 fully saturated rings. The number of alkyl halides is 1. The third kappa shape index (κ3) is 3.18. The first-order valence-corrected chi connectivity index (χ1v) is 6.56. The standard InChI is InChI=1S/C14H11BrClN/c15-13-5-3-11(4-6-13)14(7-8-16)12-2-1-9-17-10-12/h1-7,9-10H,8H2. The number of rotatable bonds is 3. The maximum absolute atomic E-state index is 5.82.